The zero-order valence-corrected chi connectivity index (χ0v) is 17.6. The molecular weight excluding hydrogens is 388 g/mol. The third kappa shape index (κ3) is 4.43. The molecule has 0 radical (unpaired) electrons. The summed E-state index contributed by atoms with van der Waals surface area (Å²) in [4.78, 5) is 0. The quantitative estimate of drug-likeness (QED) is 0.341. The highest BCUT2D eigenvalue weighted by atomic mass is 19.2. The molecule has 1 atom stereocenters. The van der Waals surface area contributed by atoms with Crippen molar-refractivity contribution in [2.24, 2.45) is 17.8 Å². The summed E-state index contributed by atoms with van der Waals surface area (Å²) in [5, 5.41) is 0. The third-order valence-corrected chi connectivity index (χ3v) is 7.37. The minimum Gasteiger partial charge on any atom is -0.206 e. The van der Waals surface area contributed by atoms with Crippen molar-refractivity contribution in [1.82, 2.24) is 0 Å². The largest absolute Gasteiger partial charge is 0.206 e. The van der Waals surface area contributed by atoms with Gasteiger partial charge in [-0.05, 0) is 90.8 Å². The zero-order valence-electron chi connectivity index (χ0n) is 17.6. The van der Waals surface area contributed by atoms with Crippen LogP contribution in [-0.4, -0.2) is 0 Å². The second-order valence-corrected chi connectivity index (χ2v) is 9.28. The lowest BCUT2D eigenvalue weighted by molar-refractivity contribution is 0.183. The van der Waals surface area contributed by atoms with Crippen molar-refractivity contribution in [1.29, 1.82) is 0 Å². The number of unbranched alkanes of at least 4 members (excludes halogenated alkanes) is 1. The van der Waals surface area contributed by atoms with E-state index in [2.05, 4.69) is 6.92 Å². The smallest absolute Gasteiger partial charge is 0.194 e. The van der Waals surface area contributed by atoms with Gasteiger partial charge in [-0.2, -0.15) is 0 Å². The Kier molecular flexibility index (Phi) is 6.50. The molecule has 162 valence electrons. The van der Waals surface area contributed by atoms with E-state index >= 15 is 0 Å². The van der Waals surface area contributed by atoms with Gasteiger partial charge in [0.05, 0.1) is 0 Å². The monoisotopic (exact) mass is 418 g/mol. The average molecular weight is 419 g/mol. The van der Waals surface area contributed by atoms with Crippen LogP contribution < -0.4 is 0 Å². The number of hydrogen-bond donors (Lipinski definition) is 0. The maximum Gasteiger partial charge on any atom is 0.194 e. The lowest BCUT2D eigenvalue weighted by Crippen LogP contribution is -2.26. The van der Waals surface area contributed by atoms with Crippen molar-refractivity contribution >= 4 is 0 Å². The summed E-state index contributed by atoms with van der Waals surface area (Å²) < 4.78 is 55.3. The molecule has 0 amide bonds. The molecule has 0 nitrogen and oxygen atoms in total. The first-order chi connectivity index (χ1) is 14.5. The summed E-state index contributed by atoms with van der Waals surface area (Å²) in [7, 11) is 0. The van der Waals surface area contributed by atoms with Gasteiger partial charge in [-0.25, -0.2) is 17.6 Å². The molecule has 0 aromatic heterocycles. The molecule has 0 bridgehead atoms. The molecule has 0 N–H and O–H groups in total. The van der Waals surface area contributed by atoms with Gasteiger partial charge in [-0.1, -0.05) is 39.0 Å². The molecular formula is C26H30F4. The van der Waals surface area contributed by atoms with Crippen LogP contribution in [0.25, 0.3) is 11.1 Å². The highest BCUT2D eigenvalue weighted by Crippen LogP contribution is 2.41. The Morgan fingerprint density at radius 3 is 2.13 bits per heavy atom. The van der Waals surface area contributed by atoms with Crippen LogP contribution >= 0.6 is 0 Å². The van der Waals surface area contributed by atoms with Gasteiger partial charge < -0.3 is 0 Å². The van der Waals surface area contributed by atoms with Crippen molar-refractivity contribution in [3.05, 3.63) is 58.7 Å². The SMILES string of the molecule is CCCCC1CCC(C2CCc3cc(-c4cc(F)c(F)c(F)c4)c(F)cc3C2)CC1. The second kappa shape index (κ2) is 9.11. The van der Waals surface area contributed by atoms with Crippen molar-refractivity contribution in [2.45, 2.75) is 71.1 Å². The van der Waals surface area contributed by atoms with Crippen LogP contribution in [0.5, 0.6) is 0 Å². The molecule has 4 rings (SSSR count). The molecule has 2 aliphatic carbocycles. The predicted molar refractivity (Wildman–Crippen MR) is 112 cm³/mol. The van der Waals surface area contributed by atoms with Crippen LogP contribution in [0.2, 0.25) is 0 Å². The predicted octanol–water partition coefficient (Wildman–Crippen LogP) is 8.01. The highest BCUT2D eigenvalue weighted by Gasteiger charge is 2.30. The Morgan fingerprint density at radius 1 is 0.767 bits per heavy atom. The molecule has 2 aliphatic rings. The van der Waals surface area contributed by atoms with E-state index in [1.54, 1.807) is 6.07 Å². The van der Waals surface area contributed by atoms with E-state index < -0.39 is 23.3 Å². The highest BCUT2D eigenvalue weighted by molar-refractivity contribution is 5.66. The van der Waals surface area contributed by atoms with Crippen LogP contribution in [0.4, 0.5) is 17.6 Å². The van der Waals surface area contributed by atoms with Gasteiger partial charge in [0.2, 0.25) is 0 Å². The number of benzene rings is 2. The summed E-state index contributed by atoms with van der Waals surface area (Å²) >= 11 is 0. The summed E-state index contributed by atoms with van der Waals surface area (Å²) in [6, 6.07) is 4.97. The summed E-state index contributed by atoms with van der Waals surface area (Å²) in [6.45, 7) is 2.25. The number of aryl methyl sites for hydroxylation is 1. The number of halogens is 4. The van der Waals surface area contributed by atoms with E-state index in [1.807, 2.05) is 0 Å². The molecule has 1 fully saturated rings. The van der Waals surface area contributed by atoms with E-state index in [-0.39, 0.29) is 11.1 Å². The maximum absolute atomic E-state index is 14.8. The number of fused-ring (bicyclic) bond motifs is 1. The molecule has 0 spiro atoms. The third-order valence-electron chi connectivity index (χ3n) is 7.37. The summed E-state index contributed by atoms with van der Waals surface area (Å²) in [5.41, 5.74) is 2.24. The summed E-state index contributed by atoms with van der Waals surface area (Å²) in [5.74, 6) is -2.41. The van der Waals surface area contributed by atoms with Gasteiger partial charge in [0.1, 0.15) is 5.82 Å². The van der Waals surface area contributed by atoms with Crippen LogP contribution in [0.15, 0.2) is 24.3 Å². The van der Waals surface area contributed by atoms with Gasteiger partial charge in [-0.3, -0.25) is 0 Å². The standard InChI is InChI=1S/C26H30F4/c1-2-3-4-16-5-7-17(8-6-16)18-9-10-19-12-22(23(27)13-20(19)11-18)21-14-24(28)26(30)25(29)15-21/h12-18H,2-11H2,1H3. The van der Waals surface area contributed by atoms with Crippen LogP contribution in [-0.2, 0) is 12.8 Å². The molecule has 2 aromatic rings. The van der Waals surface area contributed by atoms with Gasteiger partial charge in [0.15, 0.2) is 17.5 Å². The minimum absolute atomic E-state index is 0.0409. The van der Waals surface area contributed by atoms with Gasteiger partial charge in [0.25, 0.3) is 0 Å². The van der Waals surface area contributed by atoms with E-state index in [1.165, 1.54) is 51.0 Å². The molecule has 4 heteroatoms. The first-order valence-electron chi connectivity index (χ1n) is 11.4. The van der Waals surface area contributed by atoms with Crippen LogP contribution in [0, 0.1) is 41.0 Å². The Morgan fingerprint density at radius 2 is 1.47 bits per heavy atom. The molecule has 30 heavy (non-hydrogen) atoms. The average Bonchev–Trinajstić information content (AvgIpc) is 2.75. The fraction of sp³-hybridized carbons (Fsp3) is 0.538. The van der Waals surface area contributed by atoms with Crippen molar-refractivity contribution in [2.75, 3.05) is 0 Å². The Hall–Kier alpha value is -1.84. The lowest BCUT2D eigenvalue weighted by Gasteiger charge is -2.36. The molecule has 0 aliphatic heterocycles. The Balaban J connectivity index is 1.48. The van der Waals surface area contributed by atoms with Crippen molar-refractivity contribution in [3.8, 4) is 11.1 Å². The fourth-order valence-corrected chi connectivity index (χ4v) is 5.58. The Labute approximate surface area is 176 Å². The van der Waals surface area contributed by atoms with Crippen molar-refractivity contribution in [3.63, 3.8) is 0 Å². The zero-order chi connectivity index (χ0) is 21.3. The fourth-order valence-electron chi connectivity index (χ4n) is 5.58. The molecule has 0 saturated heterocycles. The van der Waals surface area contributed by atoms with E-state index in [4.69, 9.17) is 0 Å². The van der Waals surface area contributed by atoms with Crippen LogP contribution in [0.3, 0.4) is 0 Å². The molecule has 2 aromatic carbocycles. The van der Waals surface area contributed by atoms with Crippen molar-refractivity contribution < 1.29 is 17.6 Å². The molecule has 1 unspecified atom stereocenters. The van der Waals surface area contributed by atoms with E-state index in [9.17, 15) is 17.6 Å². The first-order valence-corrected chi connectivity index (χ1v) is 11.4. The minimum atomic E-state index is -1.52. The second-order valence-electron chi connectivity index (χ2n) is 9.28. The topological polar surface area (TPSA) is 0 Å². The first kappa shape index (κ1) is 21.4. The van der Waals surface area contributed by atoms with Gasteiger partial charge in [-0.15, -0.1) is 0 Å². The van der Waals surface area contributed by atoms with Gasteiger partial charge in [0, 0.05) is 5.56 Å². The van der Waals surface area contributed by atoms with Crippen LogP contribution in [0.1, 0.15) is 69.4 Å². The lowest BCUT2D eigenvalue weighted by atomic mass is 9.69. The maximum atomic E-state index is 14.8. The number of hydrogen-bond acceptors (Lipinski definition) is 0. The van der Waals surface area contributed by atoms with E-state index in [0.717, 1.165) is 54.4 Å². The Bertz CT molecular complexity index is 873. The molecule has 1 saturated carbocycles. The van der Waals surface area contributed by atoms with Gasteiger partial charge >= 0.3 is 0 Å². The molecule has 0 heterocycles. The van der Waals surface area contributed by atoms with E-state index in [0.29, 0.717) is 5.92 Å². The normalized spacial score (nSPS) is 24.0. The summed E-state index contributed by atoms with van der Waals surface area (Å²) in [6.07, 6.45) is 12.0. The number of rotatable bonds is 5.